The van der Waals surface area contributed by atoms with Crippen LogP contribution in [0.1, 0.15) is 20.2 Å². The van der Waals surface area contributed by atoms with Gasteiger partial charge in [-0.15, -0.1) is 0 Å². The number of hydrogen-bond acceptors (Lipinski definition) is 4. The first-order valence-electron chi connectivity index (χ1n) is 5.88. The fourth-order valence-electron chi connectivity index (χ4n) is 1.81. The number of carbonyl (C=O) groups excluding carboxylic acids is 1. The van der Waals surface area contributed by atoms with Crippen LogP contribution in [0.25, 0.3) is 10.9 Å². The number of carbonyl (C=O) groups is 1. The van der Waals surface area contributed by atoms with Gasteiger partial charge in [0.25, 0.3) is 5.56 Å². The Morgan fingerprint density at radius 2 is 2.00 bits per heavy atom. The number of nitrogens with zero attached hydrogens (tertiary/aromatic N) is 3. The van der Waals surface area contributed by atoms with E-state index in [0.717, 1.165) is 16.8 Å². The third-order valence-corrected chi connectivity index (χ3v) is 3.88. The van der Waals surface area contributed by atoms with Gasteiger partial charge in [-0.05, 0) is 19.1 Å². The summed E-state index contributed by atoms with van der Waals surface area (Å²) in [6, 6.07) is 1.83. The molecule has 0 spiro atoms. The molecular formula is C12H8F3I2N3O2. The molecule has 0 aliphatic rings. The van der Waals surface area contributed by atoms with Crippen molar-refractivity contribution >= 4 is 61.9 Å². The third kappa shape index (κ3) is 3.58. The number of hydrogen-bond donors (Lipinski definition) is 0. The highest BCUT2D eigenvalue weighted by Gasteiger charge is 2.33. The molecule has 0 aliphatic carbocycles. The molecule has 0 N–H and O–H groups in total. The predicted molar refractivity (Wildman–Crippen MR) is 90.3 cm³/mol. The Balaban J connectivity index is 2.81. The summed E-state index contributed by atoms with van der Waals surface area (Å²) in [5.41, 5.74) is -1.58. The maximum atomic E-state index is 12.8. The summed E-state index contributed by atoms with van der Waals surface area (Å²) in [4.78, 5) is 27.0. The van der Waals surface area contributed by atoms with Gasteiger partial charge in [-0.25, -0.2) is 9.67 Å². The smallest absolute Gasteiger partial charge is 0.298 e. The van der Waals surface area contributed by atoms with Gasteiger partial charge in [0.05, 0.1) is 5.39 Å². The van der Waals surface area contributed by atoms with Crippen LogP contribution >= 0.6 is 45.2 Å². The topological polar surface area (TPSA) is 64.8 Å². The van der Waals surface area contributed by atoms with Crippen LogP contribution in [-0.2, 0) is 17.5 Å². The zero-order valence-electron chi connectivity index (χ0n) is 11.0. The summed E-state index contributed by atoms with van der Waals surface area (Å²) >= 11 is 3.91. The third-order valence-electron chi connectivity index (χ3n) is 2.70. The van der Waals surface area contributed by atoms with Crippen molar-refractivity contribution in [2.75, 3.05) is 0 Å². The molecule has 0 saturated heterocycles. The highest BCUT2D eigenvalue weighted by molar-refractivity contribution is 14.2. The number of aromatic nitrogens is 3. The lowest BCUT2D eigenvalue weighted by Gasteiger charge is -2.12. The van der Waals surface area contributed by atoms with Crippen molar-refractivity contribution in [3.05, 3.63) is 33.9 Å². The average Bonchev–Trinajstić information content (AvgIpc) is 2.39. The molecule has 10 heteroatoms. The highest BCUT2D eigenvalue weighted by atomic mass is 127. The van der Waals surface area contributed by atoms with Crippen molar-refractivity contribution in [3.8, 4) is 0 Å². The first-order chi connectivity index (χ1) is 10.1. The average molecular weight is 537 g/mol. The minimum absolute atomic E-state index is 0.0117. The van der Waals surface area contributed by atoms with Gasteiger partial charge in [0, 0.05) is 0 Å². The Morgan fingerprint density at radius 1 is 1.36 bits per heavy atom. The van der Waals surface area contributed by atoms with E-state index < -0.39 is 17.4 Å². The minimum Gasteiger partial charge on any atom is -0.298 e. The molecule has 2 aromatic heterocycles. The molecule has 0 aromatic carbocycles. The maximum absolute atomic E-state index is 12.8. The second-order valence-corrected chi connectivity index (χ2v) is 9.32. The summed E-state index contributed by atoms with van der Waals surface area (Å²) in [5.74, 6) is -0.279. The van der Waals surface area contributed by atoms with Crippen LogP contribution in [0.4, 0.5) is 13.2 Å². The van der Waals surface area contributed by atoms with Crippen LogP contribution in [0.15, 0.2) is 16.9 Å². The van der Waals surface area contributed by atoms with E-state index in [1.807, 2.05) is 45.2 Å². The summed E-state index contributed by atoms with van der Waals surface area (Å²) in [6.45, 7) is 1.07. The fourth-order valence-corrected chi connectivity index (χ4v) is 2.65. The van der Waals surface area contributed by atoms with E-state index in [2.05, 4.69) is 10.1 Å². The molecule has 0 bridgehead atoms. The molecule has 2 aromatic rings. The monoisotopic (exact) mass is 537 g/mol. The van der Waals surface area contributed by atoms with Crippen LogP contribution < -0.4 is 5.56 Å². The van der Waals surface area contributed by atoms with Gasteiger partial charge in [0.1, 0.15) is 25.4 Å². The van der Waals surface area contributed by atoms with Crippen molar-refractivity contribution in [1.82, 2.24) is 14.8 Å². The zero-order chi connectivity index (χ0) is 16.7. The molecule has 2 rings (SSSR count). The lowest BCUT2D eigenvalue weighted by molar-refractivity contribution is -0.141. The first kappa shape index (κ1) is 17.6. The standard InChI is InChI=1S/C12H8F3I2N3O2/c1-5(21)4-20-11(22)6-2-3-7(12(13,14)15)18-8(6)9(19-20)10(16)17/h2-3,10H,4H2,1H3. The van der Waals surface area contributed by atoms with Gasteiger partial charge in [0.2, 0.25) is 0 Å². The zero-order valence-corrected chi connectivity index (χ0v) is 15.3. The van der Waals surface area contributed by atoms with Crippen molar-refractivity contribution in [1.29, 1.82) is 0 Å². The number of ketones is 1. The lowest BCUT2D eigenvalue weighted by atomic mass is 10.2. The first-order valence-corrected chi connectivity index (χ1v) is 8.37. The molecule has 0 amide bonds. The van der Waals surface area contributed by atoms with Gasteiger partial charge in [-0.2, -0.15) is 18.3 Å². The van der Waals surface area contributed by atoms with E-state index in [-0.39, 0.29) is 30.9 Å². The quantitative estimate of drug-likeness (QED) is 0.446. The van der Waals surface area contributed by atoms with E-state index in [1.165, 1.54) is 6.92 Å². The molecule has 22 heavy (non-hydrogen) atoms. The number of pyridine rings is 1. The minimum atomic E-state index is -4.61. The van der Waals surface area contributed by atoms with E-state index in [4.69, 9.17) is 0 Å². The Hall–Kier alpha value is -0.790. The van der Waals surface area contributed by atoms with E-state index in [0.29, 0.717) is 0 Å². The molecule has 0 unspecified atom stereocenters. The van der Waals surface area contributed by atoms with Crippen LogP contribution in [0, 0.1) is 0 Å². The molecule has 118 valence electrons. The lowest BCUT2D eigenvalue weighted by Crippen LogP contribution is -2.28. The molecule has 0 aliphatic heterocycles. The predicted octanol–water partition coefficient (Wildman–Crippen LogP) is 3.27. The SMILES string of the molecule is CC(=O)Cn1nc(C(I)I)c2nc(C(F)(F)F)ccc2c1=O. The molecular weight excluding hydrogens is 529 g/mol. The van der Waals surface area contributed by atoms with Crippen molar-refractivity contribution in [2.24, 2.45) is 0 Å². The van der Waals surface area contributed by atoms with Crippen LogP contribution in [0.3, 0.4) is 0 Å². The highest BCUT2D eigenvalue weighted by Crippen LogP contribution is 2.34. The van der Waals surface area contributed by atoms with Gasteiger partial charge in [0.15, 0.2) is 5.78 Å². The molecule has 5 nitrogen and oxygen atoms in total. The second-order valence-electron chi connectivity index (χ2n) is 4.44. The largest absolute Gasteiger partial charge is 0.433 e. The summed E-state index contributed by atoms with van der Waals surface area (Å²) in [5, 5.41) is 4.01. The number of halogens is 5. The van der Waals surface area contributed by atoms with Crippen molar-refractivity contribution in [2.45, 2.75) is 21.6 Å². The summed E-state index contributed by atoms with van der Waals surface area (Å²) < 4.78 is 39.0. The number of fused-ring (bicyclic) bond motifs is 1. The van der Waals surface area contributed by atoms with Gasteiger partial charge >= 0.3 is 6.18 Å². The molecule has 0 fully saturated rings. The molecule has 0 radical (unpaired) electrons. The summed E-state index contributed by atoms with van der Waals surface area (Å²) in [7, 11) is 0. The van der Waals surface area contributed by atoms with E-state index in [1.54, 1.807) is 0 Å². The number of Topliss-reactive ketones (excluding diaryl/α,β-unsaturated/α-hetero) is 1. The van der Waals surface area contributed by atoms with Crippen molar-refractivity contribution in [3.63, 3.8) is 0 Å². The van der Waals surface area contributed by atoms with Gasteiger partial charge < -0.3 is 0 Å². The second kappa shape index (κ2) is 6.37. The molecule has 2 heterocycles. The Morgan fingerprint density at radius 3 is 2.50 bits per heavy atom. The van der Waals surface area contributed by atoms with Crippen LogP contribution in [0.5, 0.6) is 0 Å². The molecule has 0 saturated carbocycles. The fraction of sp³-hybridized carbons (Fsp3) is 0.333. The molecule has 0 atom stereocenters. The maximum Gasteiger partial charge on any atom is 0.433 e. The van der Waals surface area contributed by atoms with Crippen LogP contribution in [0.2, 0.25) is 0 Å². The van der Waals surface area contributed by atoms with E-state index >= 15 is 0 Å². The Bertz CT molecular complexity index is 803. The van der Waals surface area contributed by atoms with Gasteiger partial charge in [-0.1, -0.05) is 45.2 Å². The van der Waals surface area contributed by atoms with Gasteiger partial charge in [-0.3, -0.25) is 9.59 Å². The van der Waals surface area contributed by atoms with E-state index in [9.17, 15) is 22.8 Å². The Kier molecular flexibility index (Phi) is 5.09. The number of alkyl halides is 5. The van der Waals surface area contributed by atoms with Crippen LogP contribution in [-0.4, -0.2) is 20.5 Å². The van der Waals surface area contributed by atoms with Crippen molar-refractivity contribution < 1.29 is 18.0 Å². The Labute approximate surface area is 149 Å². The number of rotatable bonds is 3. The summed E-state index contributed by atoms with van der Waals surface area (Å²) in [6.07, 6.45) is -4.61. The normalized spacial score (nSPS) is 12.1.